The van der Waals surface area contributed by atoms with Gasteiger partial charge in [0.2, 0.25) is 5.91 Å². The molecule has 0 aliphatic carbocycles. The Hall–Kier alpha value is -3.09. The van der Waals surface area contributed by atoms with Crippen molar-refractivity contribution in [2.45, 2.75) is 6.42 Å². The number of benzene rings is 2. The van der Waals surface area contributed by atoms with Gasteiger partial charge in [-0.25, -0.2) is 8.78 Å². The van der Waals surface area contributed by atoms with Gasteiger partial charge in [0.05, 0.1) is 23.2 Å². The van der Waals surface area contributed by atoms with E-state index in [4.69, 9.17) is 0 Å². The Morgan fingerprint density at radius 2 is 1.88 bits per heavy atom. The van der Waals surface area contributed by atoms with Gasteiger partial charge in [-0.05, 0) is 23.8 Å². The molecule has 0 saturated heterocycles. The molecule has 3 amide bonds. The molecule has 24 heavy (non-hydrogen) atoms. The van der Waals surface area contributed by atoms with Crippen LogP contribution in [0, 0.1) is 11.6 Å². The SMILES string of the molecule is CN1C(=O)c2cccc(NC(=O)Cc3ccc(F)cc3F)c2C1=O. The quantitative estimate of drug-likeness (QED) is 0.879. The first-order valence-corrected chi connectivity index (χ1v) is 7.07. The van der Waals surface area contributed by atoms with E-state index in [0.29, 0.717) is 6.07 Å². The number of hydrogen-bond acceptors (Lipinski definition) is 3. The summed E-state index contributed by atoms with van der Waals surface area (Å²) >= 11 is 0. The van der Waals surface area contributed by atoms with Gasteiger partial charge >= 0.3 is 0 Å². The maximum atomic E-state index is 13.6. The Kier molecular flexibility index (Phi) is 3.84. The van der Waals surface area contributed by atoms with Gasteiger partial charge in [-0.2, -0.15) is 0 Å². The Morgan fingerprint density at radius 3 is 2.58 bits per heavy atom. The van der Waals surface area contributed by atoms with Gasteiger partial charge in [0.15, 0.2) is 0 Å². The maximum absolute atomic E-state index is 13.6. The average Bonchev–Trinajstić information content (AvgIpc) is 2.76. The van der Waals surface area contributed by atoms with Crippen LogP contribution in [0.2, 0.25) is 0 Å². The van der Waals surface area contributed by atoms with Crippen LogP contribution in [-0.2, 0) is 11.2 Å². The molecule has 0 aromatic heterocycles. The molecule has 0 atom stereocenters. The number of amides is 3. The van der Waals surface area contributed by atoms with E-state index < -0.39 is 29.4 Å². The van der Waals surface area contributed by atoms with Crippen molar-refractivity contribution >= 4 is 23.4 Å². The fourth-order valence-corrected chi connectivity index (χ4v) is 2.54. The summed E-state index contributed by atoms with van der Waals surface area (Å²) in [6.45, 7) is 0. The number of imide groups is 1. The molecular weight excluding hydrogens is 318 g/mol. The number of anilines is 1. The molecule has 0 spiro atoms. The van der Waals surface area contributed by atoms with Crippen molar-refractivity contribution in [3.63, 3.8) is 0 Å². The lowest BCUT2D eigenvalue weighted by Gasteiger charge is -2.09. The zero-order chi connectivity index (χ0) is 17.4. The standard InChI is InChI=1S/C17H12F2N2O3/c1-21-16(23)11-3-2-4-13(15(11)17(21)24)20-14(22)7-9-5-6-10(18)8-12(9)19/h2-6,8H,7H2,1H3,(H,20,22). The minimum Gasteiger partial charge on any atom is -0.325 e. The second-order valence-corrected chi connectivity index (χ2v) is 5.36. The van der Waals surface area contributed by atoms with Crippen molar-refractivity contribution in [1.82, 2.24) is 4.90 Å². The minimum absolute atomic E-state index is 0.0287. The number of fused-ring (bicyclic) bond motifs is 1. The molecule has 1 heterocycles. The number of rotatable bonds is 3. The van der Waals surface area contributed by atoms with E-state index in [2.05, 4.69) is 5.32 Å². The third-order valence-electron chi connectivity index (χ3n) is 3.76. The maximum Gasteiger partial charge on any atom is 0.263 e. The fourth-order valence-electron chi connectivity index (χ4n) is 2.54. The van der Waals surface area contributed by atoms with Crippen LogP contribution in [0.5, 0.6) is 0 Å². The van der Waals surface area contributed by atoms with Crippen LogP contribution in [-0.4, -0.2) is 29.7 Å². The lowest BCUT2D eigenvalue weighted by atomic mass is 10.1. The van der Waals surface area contributed by atoms with Gasteiger partial charge in [0.25, 0.3) is 11.8 Å². The Labute approximate surface area is 135 Å². The van der Waals surface area contributed by atoms with Crippen LogP contribution in [0.15, 0.2) is 36.4 Å². The molecule has 0 unspecified atom stereocenters. The normalized spacial score (nSPS) is 13.2. The zero-order valence-electron chi connectivity index (χ0n) is 12.6. The lowest BCUT2D eigenvalue weighted by molar-refractivity contribution is -0.115. The van der Waals surface area contributed by atoms with Crippen LogP contribution in [0.25, 0.3) is 0 Å². The Morgan fingerprint density at radius 1 is 1.12 bits per heavy atom. The summed E-state index contributed by atoms with van der Waals surface area (Å²) in [4.78, 5) is 37.1. The summed E-state index contributed by atoms with van der Waals surface area (Å²) < 4.78 is 26.5. The van der Waals surface area contributed by atoms with Crippen molar-refractivity contribution in [1.29, 1.82) is 0 Å². The van der Waals surface area contributed by atoms with Crippen LogP contribution in [0.4, 0.5) is 14.5 Å². The van der Waals surface area contributed by atoms with E-state index in [9.17, 15) is 23.2 Å². The topological polar surface area (TPSA) is 66.5 Å². The van der Waals surface area contributed by atoms with E-state index in [-0.39, 0.29) is 28.8 Å². The van der Waals surface area contributed by atoms with E-state index in [0.717, 1.165) is 11.0 Å². The van der Waals surface area contributed by atoms with Gasteiger partial charge in [0.1, 0.15) is 11.6 Å². The molecule has 1 aliphatic heterocycles. The van der Waals surface area contributed by atoms with Gasteiger partial charge < -0.3 is 5.32 Å². The Balaban J connectivity index is 1.84. The largest absolute Gasteiger partial charge is 0.325 e. The highest BCUT2D eigenvalue weighted by atomic mass is 19.1. The molecular formula is C17H12F2N2O3. The summed E-state index contributed by atoms with van der Waals surface area (Å²) in [6.07, 6.45) is -0.326. The molecule has 0 bridgehead atoms. The number of nitrogens with zero attached hydrogens (tertiary/aromatic N) is 1. The summed E-state index contributed by atoms with van der Waals surface area (Å²) in [6, 6.07) is 7.46. The van der Waals surface area contributed by atoms with Crippen molar-refractivity contribution in [3.8, 4) is 0 Å². The number of halogens is 2. The molecule has 0 fully saturated rings. The van der Waals surface area contributed by atoms with E-state index in [1.165, 1.54) is 31.3 Å². The van der Waals surface area contributed by atoms with Crippen LogP contribution in [0.1, 0.15) is 26.3 Å². The molecule has 1 aliphatic rings. The molecule has 122 valence electrons. The summed E-state index contributed by atoms with van der Waals surface area (Å²) in [5.74, 6) is -3.10. The van der Waals surface area contributed by atoms with E-state index >= 15 is 0 Å². The molecule has 7 heteroatoms. The summed E-state index contributed by atoms with van der Waals surface area (Å²) in [7, 11) is 1.35. The molecule has 0 saturated carbocycles. The molecule has 2 aromatic rings. The summed E-state index contributed by atoms with van der Waals surface area (Å²) in [5, 5.41) is 2.51. The smallest absolute Gasteiger partial charge is 0.263 e. The van der Waals surface area contributed by atoms with Crippen LogP contribution < -0.4 is 5.32 Å². The number of nitrogens with one attached hydrogen (secondary N) is 1. The first kappa shape index (κ1) is 15.8. The minimum atomic E-state index is -0.825. The monoisotopic (exact) mass is 330 g/mol. The summed E-state index contributed by atoms with van der Waals surface area (Å²) in [5.41, 5.74) is 0.523. The molecule has 1 N–H and O–H groups in total. The highest BCUT2D eigenvalue weighted by Crippen LogP contribution is 2.28. The van der Waals surface area contributed by atoms with E-state index in [1.807, 2.05) is 0 Å². The first-order valence-electron chi connectivity index (χ1n) is 7.07. The zero-order valence-corrected chi connectivity index (χ0v) is 12.6. The van der Waals surface area contributed by atoms with E-state index in [1.54, 1.807) is 0 Å². The fraction of sp³-hybridized carbons (Fsp3) is 0.118. The Bertz CT molecular complexity index is 880. The van der Waals surface area contributed by atoms with Gasteiger partial charge in [-0.15, -0.1) is 0 Å². The van der Waals surface area contributed by atoms with Gasteiger partial charge in [-0.1, -0.05) is 12.1 Å². The second-order valence-electron chi connectivity index (χ2n) is 5.36. The second kappa shape index (κ2) is 5.84. The lowest BCUT2D eigenvalue weighted by Crippen LogP contribution is -2.24. The van der Waals surface area contributed by atoms with Gasteiger partial charge in [0, 0.05) is 13.1 Å². The van der Waals surface area contributed by atoms with Crippen molar-refractivity contribution in [2.75, 3.05) is 12.4 Å². The number of carbonyl (C=O) groups is 3. The third-order valence-corrected chi connectivity index (χ3v) is 3.76. The number of hydrogen-bond donors (Lipinski definition) is 1. The predicted molar refractivity (Wildman–Crippen MR) is 81.6 cm³/mol. The first-order chi connectivity index (χ1) is 11.4. The van der Waals surface area contributed by atoms with Gasteiger partial charge in [-0.3, -0.25) is 19.3 Å². The predicted octanol–water partition coefficient (Wildman–Crippen LogP) is 2.37. The highest BCUT2D eigenvalue weighted by molar-refractivity contribution is 6.24. The number of carbonyl (C=O) groups excluding carboxylic acids is 3. The van der Waals surface area contributed by atoms with Crippen molar-refractivity contribution in [3.05, 3.63) is 64.7 Å². The highest BCUT2D eigenvalue weighted by Gasteiger charge is 2.35. The third kappa shape index (κ3) is 2.64. The van der Waals surface area contributed by atoms with Crippen LogP contribution in [0.3, 0.4) is 0 Å². The average molecular weight is 330 g/mol. The molecule has 0 radical (unpaired) electrons. The van der Waals surface area contributed by atoms with Crippen molar-refractivity contribution in [2.24, 2.45) is 0 Å². The molecule has 3 rings (SSSR count). The molecule has 2 aromatic carbocycles. The van der Waals surface area contributed by atoms with Crippen molar-refractivity contribution < 1.29 is 23.2 Å². The molecule has 5 nitrogen and oxygen atoms in total. The van der Waals surface area contributed by atoms with Crippen LogP contribution >= 0.6 is 0 Å².